The first-order valence-corrected chi connectivity index (χ1v) is 8.83. The third-order valence-electron chi connectivity index (χ3n) is 4.19. The van der Waals surface area contributed by atoms with Crippen LogP contribution in [-0.4, -0.2) is 37.2 Å². The Morgan fingerprint density at radius 2 is 2.22 bits per heavy atom. The number of aryl methyl sites for hydroxylation is 1. The highest BCUT2D eigenvalue weighted by Crippen LogP contribution is 2.28. The minimum Gasteiger partial charge on any atom is -0.313 e. The molecule has 2 aromatic rings. The Labute approximate surface area is 139 Å². The van der Waals surface area contributed by atoms with Gasteiger partial charge in [-0.25, -0.2) is 9.78 Å². The molecule has 1 unspecified atom stereocenters. The second-order valence-corrected chi connectivity index (χ2v) is 6.86. The van der Waals surface area contributed by atoms with Gasteiger partial charge in [0, 0.05) is 19.0 Å². The maximum absolute atomic E-state index is 12.6. The number of amides is 2. The summed E-state index contributed by atoms with van der Waals surface area (Å²) in [7, 11) is 0. The van der Waals surface area contributed by atoms with Gasteiger partial charge in [-0.1, -0.05) is 20.8 Å². The fourth-order valence-corrected chi connectivity index (χ4v) is 3.67. The molecule has 0 saturated carbocycles. The SMILES string of the molecule is CCc1ncsc1NC(=O)N1CCn2c(C(C)C)nnc2C1C. The van der Waals surface area contributed by atoms with Crippen LogP contribution in [0.5, 0.6) is 0 Å². The molecule has 1 aliphatic rings. The molecule has 3 rings (SSSR count). The van der Waals surface area contributed by atoms with E-state index in [2.05, 4.69) is 38.9 Å². The van der Waals surface area contributed by atoms with Crippen molar-refractivity contribution in [3.8, 4) is 0 Å². The van der Waals surface area contributed by atoms with Gasteiger partial charge >= 0.3 is 6.03 Å². The van der Waals surface area contributed by atoms with Crippen LogP contribution in [0.15, 0.2) is 5.51 Å². The molecule has 1 N–H and O–H groups in total. The van der Waals surface area contributed by atoms with E-state index in [0.717, 1.165) is 35.3 Å². The van der Waals surface area contributed by atoms with E-state index in [-0.39, 0.29) is 12.1 Å². The molecule has 7 nitrogen and oxygen atoms in total. The number of thiazole rings is 1. The number of nitrogens with zero attached hydrogens (tertiary/aromatic N) is 5. The molecule has 3 heterocycles. The number of nitrogens with one attached hydrogen (secondary N) is 1. The second-order valence-electron chi connectivity index (χ2n) is 6.00. The van der Waals surface area contributed by atoms with E-state index in [1.165, 1.54) is 11.3 Å². The Kier molecular flexibility index (Phi) is 4.34. The smallest absolute Gasteiger partial charge is 0.313 e. The van der Waals surface area contributed by atoms with Crippen LogP contribution in [0.2, 0.25) is 0 Å². The van der Waals surface area contributed by atoms with Crippen LogP contribution in [0.1, 0.15) is 57.0 Å². The monoisotopic (exact) mass is 334 g/mol. The molecule has 2 aromatic heterocycles. The summed E-state index contributed by atoms with van der Waals surface area (Å²) in [5.41, 5.74) is 2.69. The molecular formula is C15H22N6OS. The van der Waals surface area contributed by atoms with Crippen molar-refractivity contribution < 1.29 is 4.79 Å². The minimum atomic E-state index is -0.100. The number of carbonyl (C=O) groups is 1. The molecule has 0 aromatic carbocycles. The average Bonchev–Trinajstić information content (AvgIpc) is 3.13. The standard InChI is InChI=1S/C15H22N6OS/c1-5-11-14(23-8-16-11)17-15(22)20-6-7-21-12(9(2)3)18-19-13(21)10(20)4/h8-10H,5-7H2,1-4H3,(H,17,22). The van der Waals surface area contributed by atoms with E-state index in [0.29, 0.717) is 12.5 Å². The van der Waals surface area contributed by atoms with E-state index < -0.39 is 0 Å². The largest absolute Gasteiger partial charge is 0.323 e. The quantitative estimate of drug-likeness (QED) is 0.936. The van der Waals surface area contributed by atoms with Gasteiger partial charge in [-0.3, -0.25) is 5.32 Å². The third-order valence-corrected chi connectivity index (χ3v) is 4.97. The van der Waals surface area contributed by atoms with Gasteiger partial charge < -0.3 is 9.47 Å². The first-order chi connectivity index (χ1) is 11.0. The van der Waals surface area contributed by atoms with E-state index in [4.69, 9.17) is 0 Å². The molecule has 1 aliphatic heterocycles. The van der Waals surface area contributed by atoms with Crippen LogP contribution >= 0.6 is 11.3 Å². The van der Waals surface area contributed by atoms with Gasteiger partial charge in [0.25, 0.3) is 0 Å². The van der Waals surface area contributed by atoms with Gasteiger partial charge in [-0.15, -0.1) is 21.5 Å². The lowest BCUT2D eigenvalue weighted by molar-refractivity contribution is 0.172. The molecule has 0 bridgehead atoms. The van der Waals surface area contributed by atoms with Crippen molar-refractivity contribution in [3.05, 3.63) is 22.9 Å². The molecular weight excluding hydrogens is 312 g/mol. The molecule has 2 amide bonds. The number of carbonyl (C=O) groups excluding carboxylic acids is 1. The number of urea groups is 1. The lowest BCUT2D eigenvalue weighted by Crippen LogP contribution is -2.43. The summed E-state index contributed by atoms with van der Waals surface area (Å²) in [6, 6.07) is -0.196. The molecule has 1 atom stereocenters. The summed E-state index contributed by atoms with van der Waals surface area (Å²) in [4.78, 5) is 18.7. The van der Waals surface area contributed by atoms with Crippen molar-refractivity contribution in [2.45, 2.75) is 52.6 Å². The van der Waals surface area contributed by atoms with Crippen LogP contribution in [0.25, 0.3) is 0 Å². The van der Waals surface area contributed by atoms with Gasteiger partial charge in [0.1, 0.15) is 10.8 Å². The molecule has 8 heteroatoms. The summed E-state index contributed by atoms with van der Waals surface area (Å²) in [6.07, 6.45) is 0.806. The normalized spacial score (nSPS) is 17.4. The third kappa shape index (κ3) is 2.83. The summed E-state index contributed by atoms with van der Waals surface area (Å²) >= 11 is 1.46. The lowest BCUT2D eigenvalue weighted by Gasteiger charge is -2.33. The Morgan fingerprint density at radius 1 is 1.43 bits per heavy atom. The molecule has 0 aliphatic carbocycles. The number of fused-ring (bicyclic) bond motifs is 1. The topological polar surface area (TPSA) is 75.9 Å². The van der Waals surface area contributed by atoms with Crippen LogP contribution in [0, 0.1) is 0 Å². The van der Waals surface area contributed by atoms with E-state index in [1.807, 2.05) is 18.7 Å². The molecule has 0 fully saturated rings. The zero-order valence-corrected chi connectivity index (χ0v) is 14.7. The Bertz CT molecular complexity index is 707. The molecule has 0 radical (unpaired) electrons. The fraction of sp³-hybridized carbons (Fsp3) is 0.600. The number of anilines is 1. The number of hydrogen-bond donors (Lipinski definition) is 1. The van der Waals surface area contributed by atoms with Crippen LogP contribution in [0.4, 0.5) is 9.80 Å². The Balaban J connectivity index is 1.78. The van der Waals surface area contributed by atoms with Crippen LogP contribution < -0.4 is 5.32 Å². The number of aromatic nitrogens is 4. The molecule has 0 spiro atoms. The zero-order chi connectivity index (χ0) is 16.6. The van der Waals surface area contributed by atoms with Gasteiger partial charge in [0.05, 0.1) is 17.2 Å². The predicted molar refractivity (Wildman–Crippen MR) is 89.7 cm³/mol. The van der Waals surface area contributed by atoms with Crippen molar-refractivity contribution in [1.82, 2.24) is 24.6 Å². The molecule has 124 valence electrons. The summed E-state index contributed by atoms with van der Waals surface area (Å²) < 4.78 is 2.14. The highest BCUT2D eigenvalue weighted by Gasteiger charge is 2.32. The highest BCUT2D eigenvalue weighted by atomic mass is 32.1. The van der Waals surface area contributed by atoms with Crippen molar-refractivity contribution >= 4 is 22.4 Å². The summed E-state index contributed by atoms with van der Waals surface area (Å²) in [6.45, 7) is 9.63. The highest BCUT2D eigenvalue weighted by molar-refractivity contribution is 7.14. The van der Waals surface area contributed by atoms with E-state index >= 15 is 0 Å². The second kappa shape index (κ2) is 6.27. The van der Waals surface area contributed by atoms with Gasteiger partial charge in [0.2, 0.25) is 0 Å². The number of hydrogen-bond acceptors (Lipinski definition) is 5. The van der Waals surface area contributed by atoms with E-state index in [9.17, 15) is 4.79 Å². The molecule has 23 heavy (non-hydrogen) atoms. The van der Waals surface area contributed by atoms with E-state index in [1.54, 1.807) is 5.51 Å². The van der Waals surface area contributed by atoms with Crippen molar-refractivity contribution in [3.63, 3.8) is 0 Å². The van der Waals surface area contributed by atoms with Gasteiger partial charge in [-0.05, 0) is 13.3 Å². The van der Waals surface area contributed by atoms with Crippen molar-refractivity contribution in [2.24, 2.45) is 0 Å². The minimum absolute atomic E-state index is 0.0956. The summed E-state index contributed by atoms with van der Waals surface area (Å²) in [5, 5.41) is 12.4. The first-order valence-electron chi connectivity index (χ1n) is 7.95. The van der Waals surface area contributed by atoms with Crippen molar-refractivity contribution in [2.75, 3.05) is 11.9 Å². The fourth-order valence-electron chi connectivity index (χ4n) is 2.90. The zero-order valence-electron chi connectivity index (χ0n) is 13.9. The summed E-state index contributed by atoms with van der Waals surface area (Å²) in [5.74, 6) is 2.17. The van der Waals surface area contributed by atoms with Crippen LogP contribution in [0.3, 0.4) is 0 Å². The predicted octanol–water partition coefficient (Wildman–Crippen LogP) is 3.03. The van der Waals surface area contributed by atoms with Gasteiger partial charge in [0.15, 0.2) is 5.82 Å². The Hall–Kier alpha value is -1.96. The average molecular weight is 334 g/mol. The first kappa shape index (κ1) is 15.9. The lowest BCUT2D eigenvalue weighted by atomic mass is 10.1. The van der Waals surface area contributed by atoms with Gasteiger partial charge in [-0.2, -0.15) is 0 Å². The number of rotatable bonds is 3. The Morgan fingerprint density at radius 3 is 2.91 bits per heavy atom. The van der Waals surface area contributed by atoms with Crippen molar-refractivity contribution in [1.29, 1.82) is 0 Å². The molecule has 0 saturated heterocycles. The maximum atomic E-state index is 12.6. The van der Waals surface area contributed by atoms with Crippen LogP contribution in [-0.2, 0) is 13.0 Å². The maximum Gasteiger partial charge on any atom is 0.323 e.